The molecule has 0 aromatic rings. The lowest BCUT2D eigenvalue weighted by Gasteiger charge is -2.68. The van der Waals surface area contributed by atoms with Gasteiger partial charge in [-0.05, 0) is 122 Å². The first kappa shape index (κ1) is 34.8. The Hall–Kier alpha value is -1.54. The summed E-state index contributed by atoms with van der Waals surface area (Å²) in [6.07, 6.45) is 12.6. The van der Waals surface area contributed by atoms with Crippen LogP contribution in [0.1, 0.15) is 106 Å². The van der Waals surface area contributed by atoms with Crippen LogP contribution in [0.4, 0.5) is 9.59 Å². The van der Waals surface area contributed by atoms with E-state index >= 15 is 0 Å². The number of rotatable bonds is 11. The summed E-state index contributed by atoms with van der Waals surface area (Å²) < 4.78 is 21.7. The fraction of sp³-hybridized carbons (Fsp3) is 0.946. The molecule has 0 radical (unpaired) electrons. The van der Waals surface area contributed by atoms with Gasteiger partial charge >= 0.3 is 12.2 Å². The smallest absolute Gasteiger partial charge is 0.407 e. The Balaban J connectivity index is 1.09. The van der Waals surface area contributed by atoms with Crippen LogP contribution in [0.15, 0.2) is 0 Å². The van der Waals surface area contributed by atoms with E-state index in [0.717, 1.165) is 47.8 Å². The van der Waals surface area contributed by atoms with Crippen LogP contribution < -0.4 is 10.6 Å². The summed E-state index contributed by atoms with van der Waals surface area (Å²) in [6, 6.07) is 0. The lowest BCUT2D eigenvalue weighted by Crippen LogP contribution is -2.62. The molecule has 5 fully saturated rings. The quantitative estimate of drug-likeness (QED) is 0.230. The monoisotopic (exact) mass is 632 g/mol. The fourth-order valence-electron chi connectivity index (χ4n) is 12.1. The number of hydrogen-bond acceptors (Lipinski definition) is 6. The van der Waals surface area contributed by atoms with Crippen molar-refractivity contribution in [2.75, 3.05) is 46.6 Å². The van der Waals surface area contributed by atoms with Gasteiger partial charge < -0.3 is 29.6 Å². The highest BCUT2D eigenvalue weighted by Gasteiger charge is 2.65. The second-order valence-corrected chi connectivity index (χ2v) is 16.7. The molecule has 0 spiro atoms. The summed E-state index contributed by atoms with van der Waals surface area (Å²) in [7, 11) is 1.33. The van der Waals surface area contributed by atoms with Gasteiger partial charge in [-0.1, -0.05) is 41.5 Å². The van der Waals surface area contributed by atoms with Crippen molar-refractivity contribution < 1.29 is 28.5 Å². The van der Waals surface area contributed by atoms with Gasteiger partial charge in [0, 0.05) is 18.5 Å². The van der Waals surface area contributed by atoms with E-state index in [9.17, 15) is 9.59 Å². The minimum Gasteiger partial charge on any atom is -0.453 e. The van der Waals surface area contributed by atoms with Gasteiger partial charge in [0.1, 0.15) is 6.10 Å². The number of carbonyl (C=O) groups excluding carboxylic acids is 2. The summed E-state index contributed by atoms with van der Waals surface area (Å²) >= 11 is 0. The molecule has 45 heavy (non-hydrogen) atoms. The molecule has 2 amide bonds. The molecule has 258 valence electrons. The Labute approximate surface area is 273 Å². The maximum atomic E-state index is 12.9. The van der Waals surface area contributed by atoms with Crippen LogP contribution in [-0.4, -0.2) is 64.9 Å². The van der Waals surface area contributed by atoms with E-state index in [2.05, 4.69) is 56.9 Å². The van der Waals surface area contributed by atoms with Gasteiger partial charge in [0.05, 0.1) is 33.5 Å². The number of carbonyl (C=O) groups is 2. The Morgan fingerprint density at radius 1 is 0.711 bits per heavy atom. The highest BCUT2D eigenvalue weighted by molar-refractivity contribution is 5.67. The maximum absolute atomic E-state index is 12.9. The maximum Gasteiger partial charge on any atom is 0.407 e. The predicted molar refractivity (Wildman–Crippen MR) is 176 cm³/mol. The minimum atomic E-state index is -0.469. The molecule has 0 aromatic carbocycles. The summed E-state index contributed by atoms with van der Waals surface area (Å²) in [5, 5.41) is 5.46. The van der Waals surface area contributed by atoms with E-state index in [1.54, 1.807) is 0 Å². The average molecular weight is 633 g/mol. The van der Waals surface area contributed by atoms with Gasteiger partial charge in [-0.3, -0.25) is 0 Å². The number of amides is 2. The van der Waals surface area contributed by atoms with Crippen molar-refractivity contribution in [3.8, 4) is 0 Å². The first-order valence-electron chi connectivity index (χ1n) is 18.3. The van der Waals surface area contributed by atoms with Crippen molar-refractivity contribution >= 4 is 12.2 Å². The van der Waals surface area contributed by atoms with Gasteiger partial charge in [-0.25, -0.2) is 9.59 Å². The van der Waals surface area contributed by atoms with Crippen molar-refractivity contribution in [1.29, 1.82) is 0 Å². The fourth-order valence-corrected chi connectivity index (χ4v) is 12.1. The number of hydrogen-bond donors (Lipinski definition) is 2. The van der Waals surface area contributed by atoms with Crippen LogP contribution in [0, 0.1) is 63.6 Å². The lowest BCUT2D eigenvalue weighted by molar-refractivity contribution is -0.201. The van der Waals surface area contributed by atoms with E-state index in [4.69, 9.17) is 14.2 Å². The molecule has 0 bridgehead atoms. The van der Waals surface area contributed by atoms with Gasteiger partial charge in [0.2, 0.25) is 0 Å². The number of fused-ring (bicyclic) bond motifs is 7. The highest BCUT2D eigenvalue weighted by Crippen LogP contribution is 2.71. The van der Waals surface area contributed by atoms with Crippen molar-refractivity contribution in [1.82, 2.24) is 10.6 Å². The summed E-state index contributed by atoms with van der Waals surface area (Å²) in [4.78, 5) is 23.9. The SMILES string of the molecule is COC(=O)NCCOCCOCCNC(=O)O[C@@H]1CC[C@@]2(C)C3CCC4C5C(CCC5C(C)C)CCC4(C)C3CCC2C1(C)C. The molecule has 5 rings (SSSR count). The molecule has 5 aliphatic rings. The standard InChI is InChI=1S/C37H64N2O6/c1-24(2)26-9-8-25-14-16-36(5)27-12-13-30-35(3,4)31(15-17-37(30,6)28(27)10-11-29(36)32(25)26)45-34(41)39-19-21-44-23-22-43-20-18-38-33(40)42-7/h24-32H,8-23H2,1-7H3,(H,38,40)(H,39,41)/t25?,26?,27?,28?,29?,30?,31-,32?,36?,37+/m1/s1. The molecular weight excluding hydrogens is 568 g/mol. The third-order valence-corrected chi connectivity index (χ3v) is 14.2. The van der Waals surface area contributed by atoms with Crippen LogP contribution in [0.25, 0.3) is 0 Å². The third-order valence-electron chi connectivity index (χ3n) is 14.2. The first-order chi connectivity index (χ1) is 21.4. The molecule has 8 heteroatoms. The molecule has 0 aromatic heterocycles. The second kappa shape index (κ2) is 14.3. The molecule has 5 aliphatic carbocycles. The zero-order valence-electron chi connectivity index (χ0n) is 29.5. The molecular formula is C37H64N2O6. The van der Waals surface area contributed by atoms with E-state index in [-0.39, 0.29) is 17.6 Å². The average Bonchev–Trinajstić information content (AvgIpc) is 3.44. The highest BCUT2D eigenvalue weighted by atomic mass is 16.6. The predicted octanol–water partition coefficient (Wildman–Crippen LogP) is 7.45. The molecule has 8 nitrogen and oxygen atoms in total. The number of ether oxygens (including phenoxy) is 4. The van der Waals surface area contributed by atoms with Crippen molar-refractivity contribution in [2.24, 2.45) is 63.6 Å². The van der Waals surface area contributed by atoms with E-state index in [0.29, 0.717) is 56.3 Å². The molecule has 10 atom stereocenters. The van der Waals surface area contributed by atoms with Gasteiger partial charge in [0.25, 0.3) is 0 Å². The van der Waals surface area contributed by atoms with E-state index in [1.807, 2.05) is 0 Å². The van der Waals surface area contributed by atoms with Crippen LogP contribution >= 0.6 is 0 Å². The molecule has 0 aliphatic heterocycles. The van der Waals surface area contributed by atoms with Gasteiger partial charge in [-0.2, -0.15) is 0 Å². The Morgan fingerprint density at radius 2 is 1.31 bits per heavy atom. The van der Waals surface area contributed by atoms with Crippen molar-refractivity contribution in [2.45, 2.75) is 112 Å². The van der Waals surface area contributed by atoms with Gasteiger partial charge in [-0.15, -0.1) is 0 Å². The number of methoxy groups -OCH3 is 1. The van der Waals surface area contributed by atoms with E-state index < -0.39 is 6.09 Å². The first-order valence-corrected chi connectivity index (χ1v) is 18.3. The van der Waals surface area contributed by atoms with Gasteiger partial charge in [0.15, 0.2) is 0 Å². The third kappa shape index (κ3) is 6.89. The van der Waals surface area contributed by atoms with Crippen LogP contribution in [0.5, 0.6) is 0 Å². The Bertz CT molecular complexity index is 1020. The van der Waals surface area contributed by atoms with E-state index in [1.165, 1.54) is 64.9 Å². The molecule has 2 N–H and O–H groups in total. The zero-order valence-corrected chi connectivity index (χ0v) is 29.5. The molecule has 0 saturated heterocycles. The lowest BCUT2D eigenvalue weighted by atomic mass is 9.37. The summed E-state index contributed by atoms with van der Waals surface area (Å²) in [6.45, 7) is 17.5. The summed E-state index contributed by atoms with van der Waals surface area (Å²) in [5.74, 6) is 6.88. The van der Waals surface area contributed by atoms with Crippen LogP contribution in [0.3, 0.4) is 0 Å². The Morgan fingerprint density at radius 3 is 1.98 bits per heavy atom. The molecule has 5 saturated carbocycles. The zero-order chi connectivity index (χ0) is 32.4. The molecule has 8 unspecified atom stereocenters. The van der Waals surface area contributed by atoms with Crippen molar-refractivity contribution in [3.63, 3.8) is 0 Å². The largest absolute Gasteiger partial charge is 0.453 e. The normalized spacial score (nSPS) is 40.0. The topological polar surface area (TPSA) is 95.1 Å². The Kier molecular flexibility index (Phi) is 11.0. The van der Waals surface area contributed by atoms with Crippen LogP contribution in [0.2, 0.25) is 0 Å². The van der Waals surface area contributed by atoms with Crippen LogP contribution in [-0.2, 0) is 18.9 Å². The summed E-state index contributed by atoms with van der Waals surface area (Å²) in [5.41, 5.74) is 0.782. The molecule has 0 heterocycles. The minimum absolute atomic E-state index is 0.0462. The van der Waals surface area contributed by atoms with Crippen molar-refractivity contribution in [3.05, 3.63) is 0 Å². The second-order valence-electron chi connectivity index (χ2n) is 16.7. The number of alkyl carbamates (subject to hydrolysis) is 2. The number of nitrogens with one attached hydrogen (secondary N) is 2.